The maximum absolute atomic E-state index is 11.7. The van der Waals surface area contributed by atoms with Gasteiger partial charge in [0.05, 0.1) is 45.1 Å². The molecule has 10 heteroatoms. The Morgan fingerprint density at radius 3 is 1.27 bits per heavy atom. The third kappa shape index (κ3) is 18.0. The van der Waals surface area contributed by atoms with E-state index in [1.807, 2.05) is 27.7 Å². The van der Waals surface area contributed by atoms with Crippen molar-refractivity contribution < 1.29 is 38.0 Å². The summed E-state index contributed by atoms with van der Waals surface area (Å²) in [6.45, 7) is 11.1. The highest BCUT2D eigenvalue weighted by Crippen LogP contribution is 2.03. The molecule has 0 bridgehead atoms. The van der Waals surface area contributed by atoms with Gasteiger partial charge in [-0.1, -0.05) is 12.1 Å². The fourth-order valence-electron chi connectivity index (χ4n) is 2.72. The van der Waals surface area contributed by atoms with E-state index in [-0.39, 0.29) is 36.6 Å². The highest BCUT2D eigenvalue weighted by molar-refractivity contribution is 6.36. The zero-order valence-electron chi connectivity index (χ0n) is 19.3. The number of hydrogen-bond acceptors (Lipinski definition) is 8. The van der Waals surface area contributed by atoms with Gasteiger partial charge in [-0.05, 0) is 40.5 Å². The van der Waals surface area contributed by atoms with Crippen molar-refractivity contribution in [1.29, 1.82) is 0 Å². The lowest BCUT2D eigenvalue weighted by molar-refractivity contribution is -0.150. The Labute approximate surface area is 186 Å². The van der Waals surface area contributed by atoms with E-state index >= 15 is 0 Å². The summed E-state index contributed by atoms with van der Waals surface area (Å²) in [5.41, 5.74) is 0. The molecule has 0 aliphatic carbocycles. The molecule has 0 heterocycles. The molecule has 30 heavy (non-hydrogen) atoms. The molecule has 0 aromatic heterocycles. The van der Waals surface area contributed by atoms with Crippen LogP contribution in [-0.4, -0.2) is 82.4 Å². The average molecular weight is 467 g/mol. The van der Waals surface area contributed by atoms with E-state index in [2.05, 4.69) is 0 Å². The topological polar surface area (TPSA) is 89.5 Å². The van der Waals surface area contributed by atoms with E-state index in [1.54, 1.807) is 0 Å². The summed E-state index contributed by atoms with van der Waals surface area (Å²) >= 11 is 0. The highest BCUT2D eigenvalue weighted by Gasteiger charge is 2.12. The van der Waals surface area contributed by atoms with Gasteiger partial charge in [0.1, 0.15) is 11.8 Å². The molecule has 178 valence electrons. The summed E-state index contributed by atoms with van der Waals surface area (Å²) in [5, 5.41) is 0. The van der Waals surface area contributed by atoms with Crippen LogP contribution < -0.4 is 0 Å². The lowest BCUT2D eigenvalue weighted by Crippen LogP contribution is -2.24. The Balaban J connectivity index is 3.66. The zero-order valence-corrected chi connectivity index (χ0v) is 22.1. The molecule has 0 saturated carbocycles. The van der Waals surface area contributed by atoms with Crippen LogP contribution in [0.1, 0.15) is 53.4 Å². The number of esters is 2. The third-order valence-corrected chi connectivity index (χ3v) is 7.84. The van der Waals surface area contributed by atoms with Gasteiger partial charge in [0, 0.05) is 26.4 Å². The second-order valence-electron chi connectivity index (χ2n) is 6.61. The van der Waals surface area contributed by atoms with Gasteiger partial charge in [0.15, 0.2) is 0 Å². The maximum Gasteiger partial charge on any atom is 0.306 e. The summed E-state index contributed by atoms with van der Waals surface area (Å²) in [5.74, 6) is -0.832. The molecule has 0 N–H and O–H groups in total. The summed E-state index contributed by atoms with van der Waals surface area (Å²) in [4.78, 5) is 23.5. The van der Waals surface area contributed by atoms with Crippen molar-refractivity contribution in [2.75, 3.05) is 39.6 Å². The van der Waals surface area contributed by atoms with Gasteiger partial charge in [-0.2, -0.15) is 0 Å². The summed E-state index contributed by atoms with van der Waals surface area (Å²) in [6.07, 6.45) is 1.71. The van der Waals surface area contributed by atoms with Crippen molar-refractivity contribution in [2.45, 2.75) is 77.3 Å². The third-order valence-electron chi connectivity index (χ3n) is 4.14. The van der Waals surface area contributed by atoms with Gasteiger partial charge >= 0.3 is 11.9 Å². The van der Waals surface area contributed by atoms with Crippen molar-refractivity contribution in [3.63, 3.8) is 0 Å². The van der Waals surface area contributed by atoms with Crippen LogP contribution in [0, 0.1) is 0 Å². The van der Waals surface area contributed by atoms with Crippen molar-refractivity contribution in [3.8, 4) is 0 Å². The first-order valence-electron chi connectivity index (χ1n) is 11.3. The molecule has 0 aromatic carbocycles. The molecule has 0 aromatic rings. The molecular weight excluding hydrogens is 424 g/mol. The molecule has 0 radical (unpaired) electrons. The second-order valence-corrected chi connectivity index (χ2v) is 10.5. The van der Waals surface area contributed by atoms with Gasteiger partial charge in [-0.15, -0.1) is 0 Å². The van der Waals surface area contributed by atoms with Gasteiger partial charge in [-0.3, -0.25) is 9.59 Å². The zero-order chi connectivity index (χ0) is 22.5. The summed E-state index contributed by atoms with van der Waals surface area (Å²) in [7, 11) is -1.03. The molecular formula is C20H42O8Si2. The van der Waals surface area contributed by atoms with E-state index < -0.39 is 19.0 Å². The fraction of sp³-hybridized carbons (Fsp3) is 0.900. The minimum Gasteiger partial charge on any atom is -0.466 e. The summed E-state index contributed by atoms with van der Waals surface area (Å²) in [6, 6.07) is 1.97. The number of rotatable bonds is 21. The van der Waals surface area contributed by atoms with Crippen molar-refractivity contribution in [1.82, 2.24) is 0 Å². The molecule has 0 rings (SSSR count). The number of carbonyl (C=O) groups is 2. The van der Waals surface area contributed by atoms with Crippen LogP contribution >= 0.6 is 0 Å². The van der Waals surface area contributed by atoms with E-state index in [9.17, 15) is 9.59 Å². The smallest absolute Gasteiger partial charge is 0.306 e. The first kappa shape index (κ1) is 29.2. The first-order valence-corrected chi connectivity index (χ1v) is 15.0. The maximum atomic E-state index is 11.7. The van der Waals surface area contributed by atoms with E-state index in [0.717, 1.165) is 24.9 Å². The van der Waals surface area contributed by atoms with Crippen LogP contribution in [0.15, 0.2) is 0 Å². The molecule has 0 unspecified atom stereocenters. The van der Waals surface area contributed by atoms with Gasteiger partial charge in [-0.25, -0.2) is 0 Å². The standard InChI is InChI=1S/C20H42O8Si2/c1-5-23-19(24-6-2)29-15-9-13-27-17(21)11-12-18(22)28-14-10-16-30-20(25-7-3)26-8-4/h19-20H,5-16,29-30H2,1-4H3. The minimum absolute atomic E-state index is 0.0578. The lowest BCUT2D eigenvalue weighted by atomic mass is 10.3. The highest BCUT2D eigenvalue weighted by atomic mass is 28.2. The first-order chi connectivity index (χ1) is 14.6. The predicted octanol–water partition coefficient (Wildman–Crippen LogP) is 1.52. The lowest BCUT2D eigenvalue weighted by Gasteiger charge is -2.16. The second kappa shape index (κ2) is 21.4. The minimum atomic E-state index is -0.515. The monoisotopic (exact) mass is 466 g/mol. The Morgan fingerprint density at radius 1 is 0.633 bits per heavy atom. The molecule has 0 amide bonds. The van der Waals surface area contributed by atoms with Crippen LogP contribution in [0.25, 0.3) is 0 Å². The summed E-state index contributed by atoms with van der Waals surface area (Å²) < 4.78 is 32.5. The van der Waals surface area contributed by atoms with Crippen LogP contribution in [0.4, 0.5) is 0 Å². The molecule has 0 spiro atoms. The van der Waals surface area contributed by atoms with Gasteiger partial charge < -0.3 is 28.4 Å². The molecule has 0 fully saturated rings. The molecule has 0 aliphatic heterocycles. The Morgan fingerprint density at radius 2 is 0.967 bits per heavy atom. The SMILES string of the molecule is CCOC(OCC)[SiH2]CCCOC(=O)CCC(=O)OCCC[SiH2]C(OCC)OCC. The number of ether oxygens (including phenoxy) is 6. The van der Waals surface area contributed by atoms with Crippen LogP contribution in [0.3, 0.4) is 0 Å². The van der Waals surface area contributed by atoms with E-state index in [1.165, 1.54) is 0 Å². The van der Waals surface area contributed by atoms with Crippen LogP contribution in [0.2, 0.25) is 12.1 Å². The van der Waals surface area contributed by atoms with Gasteiger partial charge in [0.25, 0.3) is 0 Å². The van der Waals surface area contributed by atoms with Crippen LogP contribution in [-0.2, 0) is 38.0 Å². The quantitative estimate of drug-likeness (QED) is 0.109. The Bertz CT molecular complexity index is 376. The fourth-order valence-corrected chi connectivity index (χ4v) is 5.98. The average Bonchev–Trinajstić information content (AvgIpc) is 2.72. The number of hydrogen-bond donors (Lipinski definition) is 0. The number of carbonyl (C=O) groups excluding carboxylic acids is 2. The van der Waals surface area contributed by atoms with Crippen molar-refractivity contribution in [3.05, 3.63) is 0 Å². The van der Waals surface area contributed by atoms with Crippen molar-refractivity contribution in [2.24, 2.45) is 0 Å². The van der Waals surface area contributed by atoms with Gasteiger partial charge in [0.2, 0.25) is 0 Å². The van der Waals surface area contributed by atoms with E-state index in [0.29, 0.717) is 39.6 Å². The Kier molecular flexibility index (Phi) is 20.9. The Hall–Kier alpha value is -0.786. The predicted molar refractivity (Wildman–Crippen MR) is 121 cm³/mol. The van der Waals surface area contributed by atoms with Crippen LogP contribution in [0.5, 0.6) is 0 Å². The van der Waals surface area contributed by atoms with E-state index in [4.69, 9.17) is 28.4 Å². The largest absolute Gasteiger partial charge is 0.466 e. The normalized spacial score (nSPS) is 12.1. The molecule has 8 nitrogen and oxygen atoms in total. The molecule has 0 atom stereocenters. The molecule has 0 aliphatic rings. The van der Waals surface area contributed by atoms with Crippen molar-refractivity contribution >= 4 is 31.0 Å². The molecule has 0 saturated heterocycles.